The van der Waals surface area contributed by atoms with Gasteiger partial charge in [0.2, 0.25) is 5.91 Å². The Morgan fingerprint density at radius 2 is 1.87 bits per heavy atom. The monoisotopic (exact) mass is 330 g/mol. The van der Waals surface area contributed by atoms with Gasteiger partial charge in [0.15, 0.2) is 0 Å². The smallest absolute Gasteiger partial charge is 0.271 e. The Labute approximate surface area is 138 Å². The van der Waals surface area contributed by atoms with Gasteiger partial charge in [-0.15, -0.1) is 0 Å². The molecule has 0 saturated carbocycles. The van der Waals surface area contributed by atoms with Gasteiger partial charge in [0.25, 0.3) is 5.91 Å². The summed E-state index contributed by atoms with van der Waals surface area (Å²) < 4.78 is 0. The number of hydrogen-bond acceptors (Lipinski definition) is 4. The molecule has 0 aliphatic rings. The Morgan fingerprint density at radius 3 is 2.57 bits per heavy atom. The van der Waals surface area contributed by atoms with Gasteiger partial charge in [-0.1, -0.05) is 23.7 Å². The Morgan fingerprint density at radius 1 is 1.17 bits per heavy atom. The van der Waals surface area contributed by atoms with Gasteiger partial charge in [-0.05, 0) is 31.2 Å². The van der Waals surface area contributed by atoms with Gasteiger partial charge < -0.3 is 5.32 Å². The van der Waals surface area contributed by atoms with Gasteiger partial charge in [-0.2, -0.15) is 5.10 Å². The highest BCUT2D eigenvalue weighted by Crippen LogP contribution is 2.20. The standard InChI is InChI=1S/C16H15ClN4O2/c1-11(20-21-16(23)12-6-8-18-9-7-12)10-15(22)19-14-5-3-2-4-13(14)17/h2-9H,10H2,1H3,(H,19,22)(H,21,23)/b20-11+. The van der Waals surface area contributed by atoms with Crippen LogP contribution in [0.15, 0.2) is 53.9 Å². The van der Waals surface area contributed by atoms with Gasteiger partial charge in [-0.3, -0.25) is 14.6 Å². The van der Waals surface area contributed by atoms with E-state index >= 15 is 0 Å². The topological polar surface area (TPSA) is 83.5 Å². The second kappa shape index (κ2) is 8.05. The van der Waals surface area contributed by atoms with E-state index in [2.05, 4.69) is 20.8 Å². The molecule has 0 radical (unpaired) electrons. The zero-order chi connectivity index (χ0) is 16.7. The molecule has 1 aromatic heterocycles. The van der Waals surface area contributed by atoms with E-state index in [1.165, 1.54) is 12.4 Å². The normalized spacial score (nSPS) is 11.0. The summed E-state index contributed by atoms with van der Waals surface area (Å²) in [6, 6.07) is 10.1. The van der Waals surface area contributed by atoms with Crippen LogP contribution in [0.25, 0.3) is 0 Å². The molecule has 2 rings (SSSR count). The molecular formula is C16H15ClN4O2. The highest BCUT2D eigenvalue weighted by Gasteiger charge is 2.08. The predicted molar refractivity (Wildman–Crippen MR) is 89.5 cm³/mol. The number of aromatic nitrogens is 1. The minimum absolute atomic E-state index is 0.0435. The molecule has 118 valence electrons. The molecular weight excluding hydrogens is 316 g/mol. The van der Waals surface area contributed by atoms with Gasteiger partial charge in [0.1, 0.15) is 0 Å². The Bertz CT molecular complexity index is 732. The number of hydrogen-bond donors (Lipinski definition) is 2. The van der Waals surface area contributed by atoms with Crippen LogP contribution in [0.4, 0.5) is 5.69 Å². The first-order valence-electron chi connectivity index (χ1n) is 6.84. The number of pyridine rings is 1. The molecule has 2 amide bonds. The number of nitrogens with zero attached hydrogens (tertiary/aromatic N) is 2. The summed E-state index contributed by atoms with van der Waals surface area (Å²) in [5.41, 5.74) is 3.84. The van der Waals surface area contributed by atoms with Crippen LogP contribution >= 0.6 is 11.6 Å². The molecule has 0 aliphatic heterocycles. The fraction of sp³-hybridized carbons (Fsp3) is 0.125. The zero-order valence-electron chi connectivity index (χ0n) is 12.4. The van der Waals surface area contributed by atoms with E-state index < -0.39 is 0 Å². The van der Waals surface area contributed by atoms with Crippen molar-refractivity contribution in [2.45, 2.75) is 13.3 Å². The minimum atomic E-state index is -0.363. The fourth-order valence-corrected chi connectivity index (χ4v) is 1.93. The van der Waals surface area contributed by atoms with Gasteiger partial charge in [0.05, 0.1) is 17.1 Å². The lowest BCUT2D eigenvalue weighted by atomic mass is 10.2. The highest BCUT2D eigenvalue weighted by molar-refractivity contribution is 6.33. The fourth-order valence-electron chi connectivity index (χ4n) is 1.74. The Hall–Kier alpha value is -2.73. The summed E-state index contributed by atoms with van der Waals surface area (Å²) in [7, 11) is 0. The van der Waals surface area contributed by atoms with Crippen LogP contribution in [0.2, 0.25) is 5.02 Å². The lowest BCUT2D eigenvalue weighted by Gasteiger charge is -2.07. The summed E-state index contributed by atoms with van der Waals surface area (Å²) in [5.74, 6) is -0.629. The highest BCUT2D eigenvalue weighted by atomic mass is 35.5. The van der Waals surface area contributed by atoms with E-state index in [0.29, 0.717) is 22.0 Å². The maximum atomic E-state index is 11.9. The van der Waals surface area contributed by atoms with Gasteiger partial charge >= 0.3 is 0 Å². The van der Waals surface area contributed by atoms with Crippen molar-refractivity contribution in [1.82, 2.24) is 10.4 Å². The lowest BCUT2D eigenvalue weighted by molar-refractivity contribution is -0.115. The molecule has 0 aliphatic carbocycles. The van der Waals surface area contributed by atoms with Crippen molar-refractivity contribution in [2.75, 3.05) is 5.32 Å². The average Bonchev–Trinajstić information content (AvgIpc) is 2.55. The van der Waals surface area contributed by atoms with Crippen molar-refractivity contribution in [3.63, 3.8) is 0 Å². The van der Waals surface area contributed by atoms with E-state index in [9.17, 15) is 9.59 Å². The van der Waals surface area contributed by atoms with Crippen molar-refractivity contribution >= 4 is 34.8 Å². The van der Waals surface area contributed by atoms with E-state index in [-0.39, 0.29) is 18.2 Å². The second-order valence-corrected chi connectivity index (χ2v) is 5.14. The maximum Gasteiger partial charge on any atom is 0.271 e. The number of para-hydroxylation sites is 1. The molecule has 23 heavy (non-hydrogen) atoms. The van der Waals surface area contributed by atoms with E-state index in [4.69, 9.17) is 11.6 Å². The molecule has 0 spiro atoms. The van der Waals surface area contributed by atoms with Crippen molar-refractivity contribution in [1.29, 1.82) is 0 Å². The summed E-state index contributed by atoms with van der Waals surface area (Å²) in [5, 5.41) is 7.05. The third kappa shape index (κ3) is 5.19. The first kappa shape index (κ1) is 16.6. The summed E-state index contributed by atoms with van der Waals surface area (Å²) >= 11 is 5.97. The molecule has 0 fully saturated rings. The quantitative estimate of drug-likeness (QED) is 0.653. The van der Waals surface area contributed by atoms with Gasteiger partial charge in [0, 0.05) is 23.7 Å². The number of nitrogens with one attached hydrogen (secondary N) is 2. The summed E-state index contributed by atoms with van der Waals surface area (Å²) in [6.45, 7) is 1.65. The third-order valence-corrected chi connectivity index (χ3v) is 3.18. The number of anilines is 1. The number of hydrazone groups is 1. The molecule has 0 atom stereocenters. The van der Waals surface area contributed by atoms with E-state index in [0.717, 1.165) is 0 Å². The molecule has 2 N–H and O–H groups in total. The van der Waals surface area contributed by atoms with Crippen LogP contribution in [-0.4, -0.2) is 22.5 Å². The zero-order valence-corrected chi connectivity index (χ0v) is 13.2. The number of rotatable bonds is 5. The van der Waals surface area contributed by atoms with Crippen LogP contribution in [-0.2, 0) is 4.79 Å². The summed E-state index contributed by atoms with van der Waals surface area (Å²) in [4.78, 5) is 27.6. The predicted octanol–water partition coefficient (Wildman–Crippen LogP) is 2.87. The molecule has 7 heteroatoms. The molecule has 0 saturated heterocycles. The van der Waals surface area contributed by atoms with Crippen molar-refractivity contribution in [2.24, 2.45) is 5.10 Å². The number of carbonyl (C=O) groups is 2. The van der Waals surface area contributed by atoms with Crippen LogP contribution in [0.3, 0.4) is 0 Å². The van der Waals surface area contributed by atoms with Crippen molar-refractivity contribution < 1.29 is 9.59 Å². The molecule has 0 unspecified atom stereocenters. The minimum Gasteiger partial charge on any atom is -0.324 e. The van der Waals surface area contributed by atoms with Crippen molar-refractivity contribution in [3.05, 3.63) is 59.4 Å². The van der Waals surface area contributed by atoms with Gasteiger partial charge in [-0.25, -0.2) is 5.43 Å². The number of amides is 2. The average molecular weight is 331 g/mol. The molecule has 6 nitrogen and oxygen atoms in total. The van der Waals surface area contributed by atoms with Crippen molar-refractivity contribution in [3.8, 4) is 0 Å². The Kier molecular flexibility index (Phi) is 5.82. The maximum absolute atomic E-state index is 11.9. The lowest BCUT2D eigenvalue weighted by Crippen LogP contribution is -2.21. The molecule has 0 bridgehead atoms. The Balaban J connectivity index is 1.88. The van der Waals surface area contributed by atoms with Crippen LogP contribution in [0.1, 0.15) is 23.7 Å². The van der Waals surface area contributed by atoms with E-state index in [1.54, 1.807) is 43.3 Å². The first-order valence-corrected chi connectivity index (χ1v) is 7.22. The first-order chi connectivity index (χ1) is 11.1. The van der Waals surface area contributed by atoms with Crippen LogP contribution in [0.5, 0.6) is 0 Å². The number of carbonyl (C=O) groups excluding carboxylic acids is 2. The number of halogens is 1. The number of benzene rings is 1. The summed E-state index contributed by atoms with van der Waals surface area (Å²) in [6.07, 6.45) is 3.08. The van der Waals surface area contributed by atoms with E-state index in [1.807, 2.05) is 0 Å². The molecule has 1 heterocycles. The molecule has 2 aromatic rings. The SMILES string of the molecule is C/C(CC(=O)Nc1ccccc1Cl)=N\NC(=O)c1ccncc1. The second-order valence-electron chi connectivity index (χ2n) is 4.73. The largest absolute Gasteiger partial charge is 0.324 e. The van der Waals surface area contributed by atoms with Crippen LogP contribution in [0, 0.1) is 0 Å². The third-order valence-electron chi connectivity index (χ3n) is 2.86. The molecule has 1 aromatic carbocycles. The van der Waals surface area contributed by atoms with Crippen LogP contribution < -0.4 is 10.7 Å².